The Labute approximate surface area is 117 Å². The van der Waals surface area contributed by atoms with Crippen LogP contribution in [0.25, 0.3) is 0 Å². The lowest BCUT2D eigenvalue weighted by atomic mass is 10.1. The topological polar surface area (TPSA) is 41.5 Å². The highest BCUT2D eigenvalue weighted by Crippen LogP contribution is 2.06. The largest absolute Gasteiger partial charge is 0.389 e. The molecule has 2 N–H and O–H groups in total. The first-order valence-corrected chi connectivity index (χ1v) is 7.10. The fraction of sp³-hybridized carbons (Fsp3) is 0.625. The van der Waals surface area contributed by atoms with E-state index in [9.17, 15) is 5.11 Å². The maximum absolute atomic E-state index is 9.73. The molecule has 0 fully saturated rings. The van der Waals surface area contributed by atoms with E-state index in [0.29, 0.717) is 25.7 Å². The highest BCUT2D eigenvalue weighted by Gasteiger charge is 2.04. The molecule has 108 valence electrons. The molecule has 3 nitrogen and oxygen atoms in total. The minimum Gasteiger partial charge on any atom is -0.389 e. The molecule has 0 saturated carbocycles. The minimum absolute atomic E-state index is 0.412. The Balaban J connectivity index is 2.09. The van der Waals surface area contributed by atoms with Crippen molar-refractivity contribution in [2.75, 3.05) is 26.3 Å². The van der Waals surface area contributed by atoms with Crippen LogP contribution >= 0.6 is 0 Å². The van der Waals surface area contributed by atoms with Gasteiger partial charge in [0.2, 0.25) is 0 Å². The van der Waals surface area contributed by atoms with Crippen LogP contribution < -0.4 is 5.32 Å². The van der Waals surface area contributed by atoms with Gasteiger partial charge in [-0.05, 0) is 36.9 Å². The second kappa shape index (κ2) is 9.08. The highest BCUT2D eigenvalue weighted by atomic mass is 16.5. The lowest BCUT2D eigenvalue weighted by Gasteiger charge is -2.13. The van der Waals surface area contributed by atoms with Crippen molar-refractivity contribution >= 4 is 0 Å². The van der Waals surface area contributed by atoms with Crippen LogP contribution in [0, 0.1) is 12.8 Å². The van der Waals surface area contributed by atoms with E-state index in [2.05, 4.69) is 50.4 Å². The van der Waals surface area contributed by atoms with Gasteiger partial charge in [0.1, 0.15) is 0 Å². The van der Waals surface area contributed by atoms with Crippen molar-refractivity contribution in [3.63, 3.8) is 0 Å². The second-order valence-electron chi connectivity index (χ2n) is 5.47. The molecule has 0 spiro atoms. The van der Waals surface area contributed by atoms with Crippen molar-refractivity contribution in [3.8, 4) is 0 Å². The molecule has 1 unspecified atom stereocenters. The summed E-state index contributed by atoms with van der Waals surface area (Å²) in [5, 5.41) is 13.0. The van der Waals surface area contributed by atoms with Crippen molar-refractivity contribution in [3.05, 3.63) is 35.4 Å². The Hall–Kier alpha value is -0.900. The average Bonchev–Trinajstić information content (AvgIpc) is 2.36. The number of hydrogen-bond acceptors (Lipinski definition) is 3. The average molecular weight is 265 g/mol. The summed E-state index contributed by atoms with van der Waals surface area (Å²) in [6.07, 6.45) is 0.572. The minimum atomic E-state index is -0.421. The lowest BCUT2D eigenvalue weighted by molar-refractivity contribution is 0.0263. The third-order valence-corrected chi connectivity index (χ3v) is 2.97. The van der Waals surface area contributed by atoms with E-state index in [1.165, 1.54) is 11.1 Å². The first-order chi connectivity index (χ1) is 9.09. The predicted molar refractivity (Wildman–Crippen MR) is 79.4 cm³/mol. The van der Waals surface area contributed by atoms with Gasteiger partial charge in [-0.3, -0.25) is 0 Å². The third kappa shape index (κ3) is 7.31. The summed E-state index contributed by atoms with van der Waals surface area (Å²) in [7, 11) is 0. The van der Waals surface area contributed by atoms with E-state index in [1.54, 1.807) is 0 Å². The van der Waals surface area contributed by atoms with Gasteiger partial charge in [0.15, 0.2) is 0 Å². The molecule has 0 bridgehead atoms. The van der Waals surface area contributed by atoms with Crippen LogP contribution in [0.3, 0.4) is 0 Å². The fourth-order valence-electron chi connectivity index (χ4n) is 1.88. The van der Waals surface area contributed by atoms with Crippen LogP contribution in [0.4, 0.5) is 0 Å². The summed E-state index contributed by atoms with van der Waals surface area (Å²) in [4.78, 5) is 0. The Morgan fingerprint density at radius 1 is 1.21 bits per heavy atom. The number of aliphatic hydroxyl groups excluding tert-OH is 1. The summed E-state index contributed by atoms with van der Waals surface area (Å²) in [5.74, 6) is 0.515. The molecule has 0 aliphatic rings. The molecular weight excluding hydrogens is 238 g/mol. The van der Waals surface area contributed by atoms with Crippen molar-refractivity contribution in [1.82, 2.24) is 5.32 Å². The quantitative estimate of drug-likeness (QED) is 0.672. The van der Waals surface area contributed by atoms with Crippen molar-refractivity contribution in [2.45, 2.75) is 33.3 Å². The van der Waals surface area contributed by atoms with Gasteiger partial charge in [-0.25, -0.2) is 0 Å². The number of benzene rings is 1. The van der Waals surface area contributed by atoms with Crippen LogP contribution in [0.2, 0.25) is 0 Å². The van der Waals surface area contributed by atoms with Crippen molar-refractivity contribution in [1.29, 1.82) is 0 Å². The summed E-state index contributed by atoms with van der Waals surface area (Å²) in [6, 6.07) is 8.40. The monoisotopic (exact) mass is 265 g/mol. The normalized spacial score (nSPS) is 12.9. The Bertz CT molecular complexity index is 352. The molecule has 0 heterocycles. The van der Waals surface area contributed by atoms with Gasteiger partial charge in [-0.15, -0.1) is 0 Å². The molecule has 0 aliphatic carbocycles. The molecule has 1 aromatic carbocycles. The van der Waals surface area contributed by atoms with E-state index in [0.717, 1.165) is 13.0 Å². The van der Waals surface area contributed by atoms with Gasteiger partial charge in [0.25, 0.3) is 0 Å². The Kier molecular flexibility index (Phi) is 7.72. The zero-order valence-electron chi connectivity index (χ0n) is 12.4. The maximum atomic E-state index is 9.73. The molecule has 1 rings (SSSR count). The standard InChI is InChI=1S/C16H27NO2/c1-13(2)11-19-12-16(18)10-17-9-8-15-7-5-4-6-14(15)3/h4-7,13,16-18H,8-12H2,1-3H3. The van der Waals surface area contributed by atoms with E-state index >= 15 is 0 Å². The maximum Gasteiger partial charge on any atom is 0.0897 e. The number of nitrogens with one attached hydrogen (secondary N) is 1. The molecule has 0 amide bonds. The third-order valence-electron chi connectivity index (χ3n) is 2.97. The molecule has 0 aromatic heterocycles. The zero-order chi connectivity index (χ0) is 14.1. The van der Waals surface area contributed by atoms with Crippen LogP contribution in [-0.2, 0) is 11.2 Å². The summed E-state index contributed by atoms with van der Waals surface area (Å²) < 4.78 is 5.40. The van der Waals surface area contributed by atoms with Crippen LogP contribution in [-0.4, -0.2) is 37.5 Å². The molecule has 0 saturated heterocycles. The summed E-state index contributed by atoms with van der Waals surface area (Å²) in [6.45, 7) is 8.93. The molecule has 1 aromatic rings. The fourth-order valence-corrected chi connectivity index (χ4v) is 1.88. The first-order valence-electron chi connectivity index (χ1n) is 7.10. The number of aliphatic hydroxyl groups is 1. The SMILES string of the molecule is Cc1ccccc1CCNCC(O)COCC(C)C. The van der Waals surface area contributed by atoms with Crippen molar-refractivity contribution < 1.29 is 9.84 Å². The summed E-state index contributed by atoms with van der Waals surface area (Å²) >= 11 is 0. The highest BCUT2D eigenvalue weighted by molar-refractivity contribution is 5.25. The van der Waals surface area contributed by atoms with E-state index in [1.807, 2.05) is 0 Å². The van der Waals surface area contributed by atoms with Gasteiger partial charge in [0.05, 0.1) is 12.7 Å². The van der Waals surface area contributed by atoms with Gasteiger partial charge in [-0.1, -0.05) is 38.1 Å². The van der Waals surface area contributed by atoms with Crippen LogP contribution in [0.15, 0.2) is 24.3 Å². The smallest absolute Gasteiger partial charge is 0.0897 e. The lowest BCUT2D eigenvalue weighted by Crippen LogP contribution is -2.32. The van der Waals surface area contributed by atoms with Crippen LogP contribution in [0.5, 0.6) is 0 Å². The van der Waals surface area contributed by atoms with Gasteiger partial charge in [0, 0.05) is 13.2 Å². The molecular formula is C16H27NO2. The molecule has 19 heavy (non-hydrogen) atoms. The zero-order valence-corrected chi connectivity index (χ0v) is 12.4. The van der Waals surface area contributed by atoms with Gasteiger partial charge in [-0.2, -0.15) is 0 Å². The van der Waals surface area contributed by atoms with Crippen molar-refractivity contribution in [2.24, 2.45) is 5.92 Å². The molecule has 1 atom stereocenters. The Morgan fingerprint density at radius 3 is 2.63 bits per heavy atom. The predicted octanol–water partition coefficient (Wildman–Crippen LogP) is 2.16. The van der Waals surface area contributed by atoms with E-state index in [-0.39, 0.29) is 0 Å². The van der Waals surface area contributed by atoms with Crippen LogP contribution in [0.1, 0.15) is 25.0 Å². The molecule has 3 heteroatoms. The number of hydrogen-bond donors (Lipinski definition) is 2. The molecule has 0 radical (unpaired) electrons. The first kappa shape index (κ1) is 16.2. The second-order valence-corrected chi connectivity index (χ2v) is 5.47. The van der Waals surface area contributed by atoms with Gasteiger partial charge >= 0.3 is 0 Å². The number of ether oxygens (including phenoxy) is 1. The molecule has 0 aliphatic heterocycles. The number of aryl methyl sites for hydroxylation is 1. The van der Waals surface area contributed by atoms with E-state index in [4.69, 9.17) is 4.74 Å². The van der Waals surface area contributed by atoms with E-state index < -0.39 is 6.10 Å². The summed E-state index contributed by atoms with van der Waals surface area (Å²) in [5.41, 5.74) is 2.69. The van der Waals surface area contributed by atoms with Gasteiger partial charge < -0.3 is 15.2 Å². The Morgan fingerprint density at radius 2 is 1.95 bits per heavy atom. The number of rotatable bonds is 9.